The number of carboxylic acid groups (broad SMARTS) is 1. The molecule has 0 saturated carbocycles. The molecule has 0 aliphatic carbocycles. The number of carbonyl (C=O) groups excluding carboxylic acids is 1. The van der Waals surface area contributed by atoms with Crippen LogP contribution in [0.2, 0.25) is 0 Å². The number of carbonyl (C=O) groups is 2. The van der Waals surface area contributed by atoms with Crippen LogP contribution in [0.4, 0.5) is 8.78 Å². The smallest absolute Gasteiger partial charge is 0.371 e. The monoisotopic (exact) mass is 550 g/mol. The first kappa shape index (κ1) is 26.0. The third-order valence-electron chi connectivity index (χ3n) is 5.76. The standard InChI is InChI=1S/C28H20F2N2O6S/c1-36-24-21(3-2-4-22(24)37-15-20-13-14-23(38-20)28(34)35)27-32(26(33)17-7-11-19(30)12-8-17)31-25(39-27)16-5-9-18(29)10-6-16/h2-14,27H,15H2,1H3,(H,34,35). The van der Waals surface area contributed by atoms with Crippen molar-refractivity contribution in [1.82, 2.24) is 5.01 Å². The molecule has 198 valence electrons. The van der Waals surface area contributed by atoms with Gasteiger partial charge in [-0.05, 0) is 66.7 Å². The number of amides is 1. The third-order valence-corrected chi connectivity index (χ3v) is 6.97. The Bertz CT molecular complexity index is 1550. The Kier molecular flexibility index (Phi) is 7.33. The molecule has 5 rings (SSSR count). The van der Waals surface area contributed by atoms with Gasteiger partial charge in [0.2, 0.25) is 5.76 Å². The molecule has 2 heterocycles. The fourth-order valence-corrected chi connectivity index (χ4v) is 5.07. The zero-order valence-electron chi connectivity index (χ0n) is 20.3. The van der Waals surface area contributed by atoms with E-state index < -0.39 is 28.9 Å². The predicted octanol–water partition coefficient (Wildman–Crippen LogP) is 6.09. The number of thioether (sulfide) groups is 1. The van der Waals surface area contributed by atoms with Crippen LogP contribution < -0.4 is 9.47 Å². The lowest BCUT2D eigenvalue weighted by molar-refractivity contribution is 0.0657. The molecule has 1 amide bonds. The number of methoxy groups -OCH3 is 1. The largest absolute Gasteiger partial charge is 0.492 e. The highest BCUT2D eigenvalue weighted by Gasteiger charge is 2.37. The molecule has 11 heteroatoms. The molecule has 1 unspecified atom stereocenters. The number of aromatic carboxylic acids is 1. The van der Waals surface area contributed by atoms with Crippen molar-refractivity contribution < 1.29 is 37.4 Å². The molecule has 1 atom stereocenters. The second-order valence-electron chi connectivity index (χ2n) is 8.28. The molecule has 4 aromatic rings. The number of ether oxygens (including phenoxy) is 2. The van der Waals surface area contributed by atoms with Crippen LogP contribution in [0, 0.1) is 11.6 Å². The maximum absolute atomic E-state index is 13.5. The molecule has 0 saturated heterocycles. The highest BCUT2D eigenvalue weighted by molar-refractivity contribution is 8.14. The topological polar surface area (TPSA) is 102 Å². The summed E-state index contributed by atoms with van der Waals surface area (Å²) in [6.07, 6.45) is 0. The third kappa shape index (κ3) is 5.48. The van der Waals surface area contributed by atoms with Crippen molar-refractivity contribution in [3.8, 4) is 11.5 Å². The van der Waals surface area contributed by atoms with Gasteiger partial charge in [0.15, 0.2) is 11.5 Å². The Morgan fingerprint density at radius 2 is 1.69 bits per heavy atom. The van der Waals surface area contributed by atoms with Crippen LogP contribution in [0.25, 0.3) is 0 Å². The first-order valence-electron chi connectivity index (χ1n) is 11.6. The summed E-state index contributed by atoms with van der Waals surface area (Å²) in [6, 6.07) is 18.8. The summed E-state index contributed by atoms with van der Waals surface area (Å²) in [7, 11) is 1.45. The first-order chi connectivity index (χ1) is 18.8. The van der Waals surface area contributed by atoms with Crippen LogP contribution >= 0.6 is 11.8 Å². The van der Waals surface area contributed by atoms with Crippen molar-refractivity contribution in [3.63, 3.8) is 0 Å². The van der Waals surface area contributed by atoms with Gasteiger partial charge in [-0.15, -0.1) is 0 Å². The Morgan fingerprint density at radius 1 is 1.00 bits per heavy atom. The minimum Gasteiger partial charge on any atom is -0.492 e. The molecule has 39 heavy (non-hydrogen) atoms. The average molecular weight is 551 g/mol. The van der Waals surface area contributed by atoms with Crippen molar-refractivity contribution in [2.75, 3.05) is 7.11 Å². The summed E-state index contributed by atoms with van der Waals surface area (Å²) < 4.78 is 43.9. The van der Waals surface area contributed by atoms with E-state index in [2.05, 4.69) is 5.10 Å². The van der Waals surface area contributed by atoms with Gasteiger partial charge in [0.05, 0.1) is 7.11 Å². The number of benzene rings is 3. The molecule has 1 aliphatic rings. The maximum Gasteiger partial charge on any atom is 0.371 e. The van der Waals surface area contributed by atoms with Gasteiger partial charge >= 0.3 is 5.97 Å². The van der Waals surface area contributed by atoms with Crippen molar-refractivity contribution in [1.29, 1.82) is 0 Å². The van der Waals surface area contributed by atoms with E-state index in [1.807, 2.05) is 0 Å². The van der Waals surface area contributed by atoms with Crippen LogP contribution in [0.3, 0.4) is 0 Å². The van der Waals surface area contributed by atoms with Crippen molar-refractivity contribution in [3.05, 3.63) is 119 Å². The molecule has 1 aromatic heterocycles. The minimum absolute atomic E-state index is 0.0690. The van der Waals surface area contributed by atoms with Crippen molar-refractivity contribution >= 4 is 28.7 Å². The Morgan fingerprint density at radius 3 is 2.33 bits per heavy atom. The van der Waals surface area contributed by atoms with Crippen LogP contribution in [0.15, 0.2) is 88.4 Å². The fourth-order valence-electron chi connectivity index (χ4n) is 3.90. The van der Waals surface area contributed by atoms with Crippen LogP contribution in [-0.4, -0.2) is 34.1 Å². The Balaban J connectivity index is 1.48. The van der Waals surface area contributed by atoms with Gasteiger partial charge in [0.1, 0.15) is 34.4 Å². The molecule has 3 aromatic carbocycles. The second-order valence-corrected chi connectivity index (χ2v) is 9.35. The van der Waals surface area contributed by atoms with Crippen LogP contribution in [0.5, 0.6) is 11.5 Å². The SMILES string of the molecule is COc1c(OCc2ccc(C(=O)O)o2)cccc1C1SC(c2ccc(F)cc2)=NN1C(=O)c1ccc(F)cc1. The second kappa shape index (κ2) is 11.0. The van der Waals surface area contributed by atoms with Gasteiger partial charge < -0.3 is 19.0 Å². The van der Waals surface area contributed by atoms with E-state index in [9.17, 15) is 18.4 Å². The van der Waals surface area contributed by atoms with Gasteiger partial charge in [0.25, 0.3) is 5.91 Å². The van der Waals surface area contributed by atoms with Gasteiger partial charge in [-0.2, -0.15) is 5.10 Å². The van der Waals surface area contributed by atoms with E-state index in [1.165, 1.54) is 72.4 Å². The van der Waals surface area contributed by atoms with E-state index in [4.69, 9.17) is 19.0 Å². The first-order valence-corrected chi connectivity index (χ1v) is 12.4. The normalized spacial score (nSPS) is 14.7. The number of nitrogens with zero attached hydrogens (tertiary/aromatic N) is 2. The maximum atomic E-state index is 13.5. The Hall–Kier alpha value is -4.64. The zero-order valence-corrected chi connectivity index (χ0v) is 21.2. The van der Waals surface area contributed by atoms with Gasteiger partial charge in [-0.25, -0.2) is 18.6 Å². The number of halogens is 2. The molecule has 0 radical (unpaired) electrons. The zero-order chi connectivity index (χ0) is 27.5. The lowest BCUT2D eigenvalue weighted by Gasteiger charge is -2.24. The highest BCUT2D eigenvalue weighted by Crippen LogP contribution is 2.47. The molecular weight excluding hydrogens is 530 g/mol. The molecule has 0 fully saturated rings. The predicted molar refractivity (Wildman–Crippen MR) is 139 cm³/mol. The summed E-state index contributed by atoms with van der Waals surface area (Å²) >= 11 is 1.26. The Labute approximate surface area is 225 Å². The molecule has 0 spiro atoms. The van der Waals surface area contributed by atoms with Gasteiger partial charge in [-0.3, -0.25) is 4.79 Å². The lowest BCUT2D eigenvalue weighted by atomic mass is 10.1. The number of hydrogen-bond donors (Lipinski definition) is 1. The molecule has 0 bridgehead atoms. The highest BCUT2D eigenvalue weighted by atomic mass is 32.2. The average Bonchev–Trinajstić information content (AvgIpc) is 3.60. The number of hydrogen-bond acceptors (Lipinski definition) is 7. The van der Waals surface area contributed by atoms with E-state index in [0.717, 1.165) is 0 Å². The number of furan rings is 1. The van der Waals surface area contributed by atoms with E-state index in [-0.39, 0.29) is 17.9 Å². The van der Waals surface area contributed by atoms with E-state index in [1.54, 1.807) is 30.3 Å². The van der Waals surface area contributed by atoms with E-state index in [0.29, 0.717) is 33.4 Å². The number of carboxylic acids is 1. The van der Waals surface area contributed by atoms with Crippen molar-refractivity contribution in [2.24, 2.45) is 5.10 Å². The van der Waals surface area contributed by atoms with Gasteiger partial charge in [0, 0.05) is 16.7 Å². The molecular formula is C28H20F2N2O6S. The quantitative estimate of drug-likeness (QED) is 0.283. The number of para-hydroxylation sites is 1. The number of hydrazone groups is 1. The van der Waals surface area contributed by atoms with Crippen molar-refractivity contribution in [2.45, 2.75) is 12.0 Å². The summed E-state index contributed by atoms with van der Waals surface area (Å²) in [6.45, 7) is -0.0690. The van der Waals surface area contributed by atoms with Crippen LogP contribution in [0.1, 0.15) is 43.2 Å². The molecule has 1 N–H and O–H groups in total. The van der Waals surface area contributed by atoms with E-state index >= 15 is 0 Å². The summed E-state index contributed by atoms with van der Waals surface area (Å²) in [4.78, 5) is 24.6. The van der Waals surface area contributed by atoms with Gasteiger partial charge in [-0.1, -0.05) is 23.9 Å². The lowest BCUT2D eigenvalue weighted by Crippen LogP contribution is -2.26. The summed E-state index contributed by atoms with van der Waals surface area (Å²) in [5.41, 5.74) is 1.39. The fraction of sp³-hybridized carbons (Fsp3) is 0.107. The molecule has 8 nitrogen and oxygen atoms in total. The summed E-state index contributed by atoms with van der Waals surface area (Å²) in [5, 5.41) is 14.6. The number of rotatable bonds is 8. The van der Waals surface area contributed by atoms with Crippen LogP contribution in [-0.2, 0) is 6.61 Å². The molecule has 1 aliphatic heterocycles. The summed E-state index contributed by atoms with van der Waals surface area (Å²) in [5.74, 6) is -1.82. The minimum atomic E-state index is -1.19.